The number of amides is 1. The number of carbonyl (C=O) groups excluding carboxylic acids is 1. The van der Waals surface area contributed by atoms with Crippen molar-refractivity contribution in [1.82, 2.24) is 15.3 Å². The first kappa shape index (κ1) is 16.8. The fraction of sp³-hybridized carbons (Fsp3) is 0.737. The molecular formula is C19H28N4O2. The van der Waals surface area contributed by atoms with Crippen LogP contribution in [0.1, 0.15) is 51.9 Å². The van der Waals surface area contributed by atoms with Crippen LogP contribution in [0.25, 0.3) is 0 Å². The van der Waals surface area contributed by atoms with Gasteiger partial charge in [0.05, 0.1) is 6.10 Å². The lowest BCUT2D eigenvalue weighted by Crippen LogP contribution is -2.65. The normalized spacial score (nSPS) is 30.4. The molecule has 1 aromatic rings. The summed E-state index contributed by atoms with van der Waals surface area (Å²) in [6.45, 7) is 3.67. The van der Waals surface area contributed by atoms with Gasteiger partial charge in [-0.05, 0) is 45.1 Å². The molecule has 1 saturated heterocycles. The van der Waals surface area contributed by atoms with Crippen LogP contribution in [0.3, 0.4) is 0 Å². The number of hydrogen-bond acceptors (Lipinski definition) is 5. The van der Waals surface area contributed by atoms with Gasteiger partial charge in [-0.15, -0.1) is 0 Å². The third-order valence-corrected chi connectivity index (χ3v) is 6.37. The van der Waals surface area contributed by atoms with E-state index in [-0.39, 0.29) is 23.4 Å². The quantitative estimate of drug-likeness (QED) is 0.888. The average Bonchev–Trinajstić information content (AvgIpc) is 3.32. The second-order valence-corrected chi connectivity index (χ2v) is 7.58. The zero-order valence-electron chi connectivity index (χ0n) is 15.0. The number of nitrogens with one attached hydrogen (secondary N) is 1. The van der Waals surface area contributed by atoms with E-state index < -0.39 is 0 Å². The van der Waals surface area contributed by atoms with Crippen LogP contribution in [0.5, 0.6) is 0 Å². The lowest BCUT2D eigenvalue weighted by Gasteiger charge is -2.54. The fourth-order valence-electron chi connectivity index (χ4n) is 5.08. The molecule has 0 unspecified atom stereocenters. The van der Waals surface area contributed by atoms with E-state index in [2.05, 4.69) is 27.1 Å². The first-order valence-electron chi connectivity index (χ1n) is 9.70. The maximum atomic E-state index is 13.0. The maximum absolute atomic E-state index is 13.0. The van der Waals surface area contributed by atoms with E-state index in [9.17, 15) is 4.79 Å². The summed E-state index contributed by atoms with van der Waals surface area (Å²) in [4.78, 5) is 23.7. The van der Waals surface area contributed by atoms with Crippen molar-refractivity contribution in [2.24, 2.45) is 5.41 Å². The monoisotopic (exact) mass is 344 g/mol. The molecule has 1 aromatic heterocycles. The molecule has 3 fully saturated rings. The van der Waals surface area contributed by atoms with Crippen LogP contribution in [0, 0.1) is 5.41 Å². The SMILES string of the molecule is CCO[C@@H]1C[C@H](NC(=O)[C@@H]2CCCN2c2ncccn2)C12CCCC2. The third kappa shape index (κ3) is 2.90. The standard InChI is InChI=1S/C19H28N4O2/c1-2-25-16-13-15(19(16)8-3-4-9-19)22-17(24)14-7-5-12-23(14)18-20-10-6-11-21-18/h6,10-11,14-16H,2-5,7-9,12-13H2,1H3,(H,22,24)/t14-,15-,16+/m0/s1. The Kier molecular flexibility index (Phi) is 4.63. The van der Waals surface area contributed by atoms with Gasteiger partial charge < -0.3 is 15.0 Å². The van der Waals surface area contributed by atoms with Gasteiger partial charge in [-0.3, -0.25) is 4.79 Å². The highest BCUT2D eigenvalue weighted by Crippen LogP contribution is 2.54. The second kappa shape index (κ2) is 6.90. The van der Waals surface area contributed by atoms with E-state index in [4.69, 9.17) is 4.74 Å². The molecule has 6 heteroatoms. The van der Waals surface area contributed by atoms with Crippen LogP contribution in [-0.4, -0.2) is 47.2 Å². The van der Waals surface area contributed by atoms with Crippen molar-refractivity contribution in [3.05, 3.63) is 18.5 Å². The Hall–Kier alpha value is -1.69. The van der Waals surface area contributed by atoms with Gasteiger partial charge in [0.1, 0.15) is 6.04 Å². The molecule has 0 radical (unpaired) electrons. The van der Waals surface area contributed by atoms with Crippen molar-refractivity contribution in [1.29, 1.82) is 0 Å². The number of carbonyl (C=O) groups is 1. The van der Waals surface area contributed by atoms with Crippen LogP contribution >= 0.6 is 0 Å². The van der Waals surface area contributed by atoms with Crippen molar-refractivity contribution in [2.45, 2.75) is 70.1 Å². The maximum Gasteiger partial charge on any atom is 0.243 e. The van der Waals surface area contributed by atoms with Crippen LogP contribution < -0.4 is 10.2 Å². The van der Waals surface area contributed by atoms with E-state index in [0.29, 0.717) is 12.1 Å². The zero-order chi connectivity index (χ0) is 17.3. The molecule has 3 aliphatic rings. The van der Waals surface area contributed by atoms with Crippen molar-refractivity contribution in [3.8, 4) is 0 Å². The van der Waals surface area contributed by atoms with E-state index in [0.717, 1.165) is 32.4 Å². The average molecular weight is 344 g/mol. The molecule has 25 heavy (non-hydrogen) atoms. The van der Waals surface area contributed by atoms with Gasteiger partial charge in [0, 0.05) is 37.0 Å². The zero-order valence-corrected chi connectivity index (χ0v) is 15.0. The van der Waals surface area contributed by atoms with Gasteiger partial charge >= 0.3 is 0 Å². The minimum atomic E-state index is -0.146. The summed E-state index contributed by atoms with van der Waals surface area (Å²) >= 11 is 0. The molecule has 0 bridgehead atoms. The van der Waals surface area contributed by atoms with Crippen molar-refractivity contribution < 1.29 is 9.53 Å². The molecule has 2 aliphatic carbocycles. The number of nitrogens with zero attached hydrogens (tertiary/aromatic N) is 3. The summed E-state index contributed by atoms with van der Waals surface area (Å²) in [6, 6.07) is 1.92. The Morgan fingerprint density at radius 1 is 1.32 bits per heavy atom. The first-order valence-corrected chi connectivity index (χ1v) is 9.70. The molecule has 136 valence electrons. The molecule has 1 aliphatic heterocycles. The summed E-state index contributed by atoms with van der Waals surface area (Å²) in [7, 11) is 0. The molecule has 1 N–H and O–H groups in total. The Labute approximate surface area is 149 Å². The molecule has 1 spiro atoms. The number of aromatic nitrogens is 2. The molecule has 1 amide bonds. The summed E-state index contributed by atoms with van der Waals surface area (Å²) in [5.41, 5.74) is 0.179. The van der Waals surface area contributed by atoms with E-state index in [1.807, 2.05) is 0 Å². The predicted octanol–water partition coefficient (Wildman–Crippen LogP) is 2.30. The summed E-state index contributed by atoms with van der Waals surface area (Å²) in [6.07, 6.45) is 11.5. The summed E-state index contributed by atoms with van der Waals surface area (Å²) in [5.74, 6) is 0.799. The van der Waals surface area contributed by atoms with Crippen molar-refractivity contribution in [3.63, 3.8) is 0 Å². The Balaban J connectivity index is 1.43. The topological polar surface area (TPSA) is 67.3 Å². The van der Waals surface area contributed by atoms with Crippen molar-refractivity contribution in [2.75, 3.05) is 18.1 Å². The number of rotatable bonds is 5. The molecule has 2 heterocycles. The molecule has 0 aromatic carbocycles. The van der Waals surface area contributed by atoms with E-state index >= 15 is 0 Å². The highest BCUT2D eigenvalue weighted by atomic mass is 16.5. The number of hydrogen-bond donors (Lipinski definition) is 1. The summed E-state index contributed by atoms with van der Waals surface area (Å²) in [5, 5.41) is 3.36. The Morgan fingerprint density at radius 3 is 2.80 bits per heavy atom. The summed E-state index contributed by atoms with van der Waals surface area (Å²) < 4.78 is 5.96. The fourth-order valence-corrected chi connectivity index (χ4v) is 5.08. The van der Waals surface area contributed by atoms with Crippen LogP contribution in [-0.2, 0) is 9.53 Å². The van der Waals surface area contributed by atoms with Gasteiger partial charge in [-0.1, -0.05) is 12.8 Å². The highest BCUT2D eigenvalue weighted by Gasteiger charge is 2.57. The lowest BCUT2D eigenvalue weighted by molar-refractivity contribution is -0.144. The Morgan fingerprint density at radius 2 is 2.08 bits per heavy atom. The third-order valence-electron chi connectivity index (χ3n) is 6.37. The molecule has 2 saturated carbocycles. The van der Waals surface area contributed by atoms with Gasteiger partial charge in [0.15, 0.2) is 0 Å². The van der Waals surface area contributed by atoms with E-state index in [1.54, 1.807) is 18.5 Å². The lowest BCUT2D eigenvalue weighted by atomic mass is 9.60. The van der Waals surface area contributed by atoms with Gasteiger partial charge in [0.2, 0.25) is 11.9 Å². The molecule has 4 rings (SSSR count). The number of anilines is 1. The Bertz CT molecular complexity index is 603. The second-order valence-electron chi connectivity index (χ2n) is 7.58. The van der Waals surface area contributed by atoms with Crippen LogP contribution in [0.15, 0.2) is 18.5 Å². The van der Waals surface area contributed by atoms with Gasteiger partial charge in [0.25, 0.3) is 0 Å². The minimum absolute atomic E-state index is 0.135. The minimum Gasteiger partial charge on any atom is -0.378 e. The van der Waals surface area contributed by atoms with Crippen LogP contribution in [0.4, 0.5) is 5.95 Å². The molecule has 3 atom stereocenters. The van der Waals surface area contributed by atoms with Gasteiger partial charge in [-0.2, -0.15) is 0 Å². The highest BCUT2D eigenvalue weighted by molar-refractivity contribution is 5.85. The smallest absolute Gasteiger partial charge is 0.243 e. The van der Waals surface area contributed by atoms with Crippen LogP contribution in [0.2, 0.25) is 0 Å². The first-order chi connectivity index (χ1) is 12.2. The molecule has 6 nitrogen and oxygen atoms in total. The number of ether oxygens (including phenoxy) is 1. The van der Waals surface area contributed by atoms with Gasteiger partial charge in [-0.25, -0.2) is 9.97 Å². The molecular weight excluding hydrogens is 316 g/mol. The van der Waals surface area contributed by atoms with E-state index in [1.165, 1.54) is 25.7 Å². The predicted molar refractivity (Wildman–Crippen MR) is 95.3 cm³/mol. The van der Waals surface area contributed by atoms with Crippen molar-refractivity contribution >= 4 is 11.9 Å². The largest absolute Gasteiger partial charge is 0.378 e.